The molecule has 2 aliphatic rings. The first-order valence-corrected chi connectivity index (χ1v) is 12.1. The molecule has 0 radical (unpaired) electrons. The van der Waals surface area contributed by atoms with Crippen molar-refractivity contribution in [3.63, 3.8) is 0 Å². The molecule has 32 heavy (non-hydrogen) atoms. The Labute approximate surface area is 191 Å². The Hall–Kier alpha value is -2.87. The van der Waals surface area contributed by atoms with Gasteiger partial charge in [-0.2, -0.15) is 0 Å². The minimum Gasteiger partial charge on any atom is -0.496 e. The molecule has 0 N–H and O–H groups in total. The van der Waals surface area contributed by atoms with Gasteiger partial charge >= 0.3 is 6.03 Å². The molecule has 0 unspecified atom stereocenters. The van der Waals surface area contributed by atoms with Crippen LogP contribution in [0.25, 0.3) is 10.2 Å². The highest BCUT2D eigenvalue weighted by molar-refractivity contribution is 7.18. The molecule has 1 aromatic carbocycles. The van der Waals surface area contributed by atoms with Crippen LogP contribution >= 0.6 is 11.3 Å². The first kappa shape index (κ1) is 21.0. The Morgan fingerprint density at radius 3 is 2.75 bits per heavy atom. The van der Waals surface area contributed by atoms with E-state index >= 15 is 0 Å². The number of aromatic nitrogens is 2. The summed E-state index contributed by atoms with van der Waals surface area (Å²) in [7, 11) is 1.66. The fourth-order valence-electron chi connectivity index (χ4n) is 4.78. The van der Waals surface area contributed by atoms with Gasteiger partial charge in [-0.3, -0.25) is 9.36 Å². The lowest BCUT2D eigenvalue weighted by atomic mass is 10.1. The first-order chi connectivity index (χ1) is 15.7. The van der Waals surface area contributed by atoms with E-state index in [0.717, 1.165) is 57.9 Å². The smallest absolute Gasteiger partial charge is 0.320 e. The van der Waals surface area contributed by atoms with Crippen molar-refractivity contribution in [1.29, 1.82) is 0 Å². The molecule has 0 saturated carbocycles. The predicted molar refractivity (Wildman–Crippen MR) is 126 cm³/mol. The van der Waals surface area contributed by atoms with Gasteiger partial charge in [-0.05, 0) is 49.3 Å². The van der Waals surface area contributed by atoms with E-state index < -0.39 is 0 Å². The maximum atomic E-state index is 13.3. The van der Waals surface area contributed by atoms with E-state index in [1.807, 2.05) is 34.1 Å². The average molecular weight is 453 g/mol. The summed E-state index contributed by atoms with van der Waals surface area (Å²) in [6, 6.07) is 8.02. The molecule has 3 aromatic rings. The Balaban J connectivity index is 1.37. The summed E-state index contributed by atoms with van der Waals surface area (Å²) < 4.78 is 7.13. The monoisotopic (exact) mass is 452 g/mol. The number of ether oxygens (including phenoxy) is 1. The predicted octanol–water partition coefficient (Wildman–Crippen LogP) is 3.67. The third kappa shape index (κ3) is 3.88. The second-order valence-electron chi connectivity index (χ2n) is 8.49. The van der Waals surface area contributed by atoms with Gasteiger partial charge in [0.05, 0.1) is 25.4 Å². The summed E-state index contributed by atoms with van der Waals surface area (Å²) in [4.78, 5) is 36.6. The van der Waals surface area contributed by atoms with Crippen LogP contribution in [0.15, 0.2) is 35.4 Å². The topological polar surface area (TPSA) is 67.7 Å². The lowest BCUT2D eigenvalue weighted by molar-refractivity contribution is 0.139. The minimum atomic E-state index is 0.0122. The number of amides is 2. The maximum Gasteiger partial charge on any atom is 0.320 e. The summed E-state index contributed by atoms with van der Waals surface area (Å²) in [5.41, 5.74) is 2.16. The van der Waals surface area contributed by atoms with E-state index in [0.29, 0.717) is 32.5 Å². The highest BCUT2D eigenvalue weighted by Gasteiger charge is 2.29. The van der Waals surface area contributed by atoms with Crippen LogP contribution in [0.2, 0.25) is 0 Å². The molecule has 1 fully saturated rings. The van der Waals surface area contributed by atoms with Crippen molar-refractivity contribution in [2.75, 3.05) is 26.7 Å². The van der Waals surface area contributed by atoms with Crippen molar-refractivity contribution in [3.05, 3.63) is 57.0 Å². The zero-order valence-electron chi connectivity index (χ0n) is 18.4. The molecule has 8 heteroatoms. The fraction of sp³-hybridized carbons (Fsp3) is 0.458. The Kier molecular flexibility index (Phi) is 5.87. The van der Waals surface area contributed by atoms with Crippen LogP contribution in [-0.2, 0) is 25.9 Å². The van der Waals surface area contributed by atoms with Crippen molar-refractivity contribution >= 4 is 27.6 Å². The Bertz CT molecular complexity index is 1200. The highest BCUT2D eigenvalue weighted by atomic mass is 32.1. The van der Waals surface area contributed by atoms with Gasteiger partial charge < -0.3 is 14.5 Å². The lowest BCUT2D eigenvalue weighted by Gasteiger charge is -2.34. The second-order valence-corrected chi connectivity index (χ2v) is 9.57. The molecular formula is C24H28N4O3S. The molecule has 1 saturated heterocycles. The first-order valence-electron chi connectivity index (χ1n) is 11.3. The molecule has 0 spiro atoms. The number of urea groups is 1. The summed E-state index contributed by atoms with van der Waals surface area (Å²) in [5.74, 6) is 0.834. The van der Waals surface area contributed by atoms with Crippen molar-refractivity contribution in [3.8, 4) is 5.75 Å². The number of carbonyl (C=O) groups excluding carboxylic acids is 1. The second kappa shape index (κ2) is 8.94. The quantitative estimate of drug-likeness (QED) is 0.606. The van der Waals surface area contributed by atoms with Crippen molar-refractivity contribution in [2.24, 2.45) is 0 Å². The number of methoxy groups -OCH3 is 1. The Morgan fingerprint density at radius 1 is 1.12 bits per heavy atom. The lowest BCUT2D eigenvalue weighted by Crippen LogP contribution is -2.47. The zero-order valence-corrected chi connectivity index (χ0v) is 19.2. The largest absolute Gasteiger partial charge is 0.496 e. The number of thiophene rings is 1. The minimum absolute atomic E-state index is 0.0122. The molecule has 2 aromatic heterocycles. The number of aryl methyl sites for hydroxylation is 2. The van der Waals surface area contributed by atoms with Crippen LogP contribution in [0.4, 0.5) is 4.79 Å². The van der Waals surface area contributed by atoms with E-state index in [4.69, 9.17) is 4.74 Å². The van der Waals surface area contributed by atoms with Gasteiger partial charge in [0.15, 0.2) is 0 Å². The summed E-state index contributed by atoms with van der Waals surface area (Å²) in [6.45, 7) is 3.49. The SMILES string of the molecule is COc1ccccc1CCn1cnc2sc3c(c2c1=O)CCN(C(=O)N1CCCCC1)C3. The van der Waals surface area contributed by atoms with Gasteiger partial charge in [0.2, 0.25) is 0 Å². The van der Waals surface area contributed by atoms with Crippen LogP contribution in [0.3, 0.4) is 0 Å². The van der Waals surface area contributed by atoms with Crippen molar-refractivity contribution < 1.29 is 9.53 Å². The number of para-hydroxylation sites is 1. The number of rotatable bonds is 4. The number of hydrogen-bond acceptors (Lipinski definition) is 5. The number of fused-ring (bicyclic) bond motifs is 3. The Morgan fingerprint density at radius 2 is 1.94 bits per heavy atom. The van der Waals surface area contributed by atoms with E-state index in [1.54, 1.807) is 29.3 Å². The maximum absolute atomic E-state index is 13.3. The number of carbonyl (C=O) groups is 1. The van der Waals surface area contributed by atoms with Crippen LogP contribution in [-0.4, -0.2) is 52.1 Å². The van der Waals surface area contributed by atoms with E-state index in [2.05, 4.69) is 4.98 Å². The normalized spacial score (nSPS) is 16.3. The number of likely N-dealkylation sites (tertiary alicyclic amines) is 1. The van der Waals surface area contributed by atoms with E-state index in [-0.39, 0.29) is 11.6 Å². The van der Waals surface area contributed by atoms with Gasteiger partial charge in [0, 0.05) is 31.1 Å². The average Bonchev–Trinajstić information content (AvgIpc) is 3.22. The molecular weight excluding hydrogens is 424 g/mol. The summed E-state index contributed by atoms with van der Waals surface area (Å²) in [6.07, 6.45) is 6.44. The van der Waals surface area contributed by atoms with Crippen LogP contribution < -0.4 is 10.3 Å². The van der Waals surface area contributed by atoms with Crippen LogP contribution in [0, 0.1) is 0 Å². The van der Waals surface area contributed by atoms with Gasteiger partial charge in [-0.25, -0.2) is 9.78 Å². The van der Waals surface area contributed by atoms with Crippen molar-refractivity contribution in [1.82, 2.24) is 19.4 Å². The molecule has 0 atom stereocenters. The third-order valence-corrected chi connectivity index (χ3v) is 7.66. The van der Waals surface area contributed by atoms with Gasteiger partial charge in [0.1, 0.15) is 10.6 Å². The van der Waals surface area contributed by atoms with E-state index in [1.165, 1.54) is 6.42 Å². The van der Waals surface area contributed by atoms with Gasteiger partial charge in [-0.15, -0.1) is 11.3 Å². The standard InChI is InChI=1S/C24H28N4O3S/c1-31-19-8-4-3-7-17(19)9-13-28-16-25-22-21(23(28)29)18-10-14-27(15-20(18)32-22)24(30)26-11-5-2-6-12-26/h3-4,7-8,16H,2,5-6,9-15H2,1H3. The molecule has 5 rings (SSSR count). The summed E-state index contributed by atoms with van der Waals surface area (Å²) >= 11 is 1.55. The summed E-state index contributed by atoms with van der Waals surface area (Å²) in [5, 5.41) is 0.734. The number of hydrogen-bond donors (Lipinski definition) is 0. The molecule has 0 aliphatic carbocycles. The third-order valence-electron chi connectivity index (χ3n) is 6.54. The molecule has 2 amide bonds. The van der Waals surface area contributed by atoms with Crippen LogP contribution in [0.5, 0.6) is 5.75 Å². The number of piperidine rings is 1. The molecule has 4 heterocycles. The zero-order chi connectivity index (χ0) is 22.1. The highest BCUT2D eigenvalue weighted by Crippen LogP contribution is 2.33. The van der Waals surface area contributed by atoms with Gasteiger partial charge in [0.25, 0.3) is 5.56 Å². The molecule has 168 valence electrons. The molecule has 7 nitrogen and oxygen atoms in total. The number of nitrogens with zero attached hydrogens (tertiary/aromatic N) is 4. The fourth-order valence-corrected chi connectivity index (χ4v) is 5.97. The van der Waals surface area contributed by atoms with Crippen LogP contribution in [0.1, 0.15) is 35.3 Å². The molecule has 0 bridgehead atoms. The van der Waals surface area contributed by atoms with Gasteiger partial charge in [-0.1, -0.05) is 18.2 Å². The molecule has 2 aliphatic heterocycles. The van der Waals surface area contributed by atoms with E-state index in [9.17, 15) is 9.59 Å². The number of benzene rings is 1. The van der Waals surface area contributed by atoms with Crippen molar-refractivity contribution in [2.45, 2.75) is 45.2 Å².